The second-order valence-corrected chi connectivity index (χ2v) is 6.94. The summed E-state index contributed by atoms with van der Waals surface area (Å²) in [5, 5.41) is 3.43. The van der Waals surface area contributed by atoms with Crippen molar-refractivity contribution in [3.8, 4) is 5.75 Å². The summed E-state index contributed by atoms with van der Waals surface area (Å²) in [5.41, 5.74) is 0. The zero-order chi connectivity index (χ0) is 14.4. The van der Waals surface area contributed by atoms with Gasteiger partial charge in [-0.05, 0) is 30.5 Å². The number of hydrogen-bond acceptors (Lipinski definition) is 4. The summed E-state index contributed by atoms with van der Waals surface area (Å²) in [6.45, 7) is 5.90. The smallest absolute Gasteiger partial charge is 0.133 e. The first-order chi connectivity index (χ1) is 9.69. The summed E-state index contributed by atoms with van der Waals surface area (Å²) in [6, 6.07) is 13.0. The van der Waals surface area contributed by atoms with E-state index in [-0.39, 0.29) is 0 Å². The molecule has 1 N–H and O–H groups in total. The fourth-order valence-corrected chi connectivity index (χ4v) is 3.21. The van der Waals surface area contributed by atoms with Crippen LogP contribution in [-0.2, 0) is 13.2 Å². The molecule has 20 heavy (non-hydrogen) atoms. The minimum Gasteiger partial charge on any atom is -0.487 e. The van der Waals surface area contributed by atoms with Crippen molar-refractivity contribution >= 4 is 23.1 Å². The van der Waals surface area contributed by atoms with Gasteiger partial charge in [-0.15, -0.1) is 23.1 Å². The number of hydrogen-bond donors (Lipinski definition) is 1. The van der Waals surface area contributed by atoms with Crippen LogP contribution in [0, 0.1) is 0 Å². The molecular formula is C16H21NOS2. The average Bonchev–Trinajstić information content (AvgIpc) is 2.91. The predicted octanol–water partition coefficient (Wildman–Crippen LogP) is 4.55. The summed E-state index contributed by atoms with van der Waals surface area (Å²) in [6.07, 6.45) is 2.07. The maximum atomic E-state index is 5.92. The molecule has 2 aromatic rings. The molecule has 4 heteroatoms. The monoisotopic (exact) mass is 307 g/mol. The van der Waals surface area contributed by atoms with E-state index in [9.17, 15) is 0 Å². The Bertz CT molecular complexity index is 537. The maximum Gasteiger partial charge on any atom is 0.133 e. The second-order valence-electron chi connectivity index (χ2n) is 4.84. The Balaban J connectivity index is 1.91. The van der Waals surface area contributed by atoms with Crippen molar-refractivity contribution in [3.05, 3.63) is 46.2 Å². The second kappa shape index (κ2) is 7.72. The van der Waals surface area contributed by atoms with Crippen molar-refractivity contribution in [3.63, 3.8) is 0 Å². The largest absolute Gasteiger partial charge is 0.487 e. The first-order valence-electron chi connectivity index (χ1n) is 6.76. The highest BCUT2D eigenvalue weighted by Crippen LogP contribution is 2.28. The van der Waals surface area contributed by atoms with Crippen LogP contribution in [0.15, 0.2) is 41.3 Å². The third kappa shape index (κ3) is 4.54. The van der Waals surface area contributed by atoms with E-state index in [0.29, 0.717) is 12.6 Å². The Morgan fingerprint density at radius 2 is 1.90 bits per heavy atom. The van der Waals surface area contributed by atoms with Crippen molar-refractivity contribution in [1.82, 2.24) is 5.32 Å². The summed E-state index contributed by atoms with van der Waals surface area (Å²) < 4.78 is 5.92. The van der Waals surface area contributed by atoms with Crippen LogP contribution in [0.4, 0.5) is 0 Å². The summed E-state index contributed by atoms with van der Waals surface area (Å²) in [7, 11) is 0. The van der Waals surface area contributed by atoms with Crippen molar-refractivity contribution in [2.75, 3.05) is 6.26 Å². The molecule has 0 aliphatic carbocycles. The zero-order valence-corrected chi connectivity index (χ0v) is 13.8. The third-order valence-corrected chi connectivity index (χ3v) is 4.68. The molecule has 0 saturated carbocycles. The van der Waals surface area contributed by atoms with Gasteiger partial charge in [0.15, 0.2) is 0 Å². The molecule has 0 bridgehead atoms. The lowest BCUT2D eigenvalue weighted by Crippen LogP contribution is -2.21. The van der Waals surface area contributed by atoms with Crippen LogP contribution in [-0.4, -0.2) is 12.3 Å². The molecule has 0 aliphatic heterocycles. The molecular weight excluding hydrogens is 286 g/mol. The van der Waals surface area contributed by atoms with Crippen molar-refractivity contribution in [1.29, 1.82) is 0 Å². The van der Waals surface area contributed by atoms with Crippen LogP contribution < -0.4 is 10.1 Å². The average molecular weight is 307 g/mol. The van der Waals surface area contributed by atoms with E-state index in [1.807, 2.05) is 29.5 Å². The Morgan fingerprint density at radius 3 is 2.65 bits per heavy atom. The zero-order valence-electron chi connectivity index (χ0n) is 12.2. The fraction of sp³-hybridized carbons (Fsp3) is 0.375. The summed E-state index contributed by atoms with van der Waals surface area (Å²) >= 11 is 3.53. The Hall–Kier alpha value is -0.970. The molecule has 0 fully saturated rings. The van der Waals surface area contributed by atoms with Crippen molar-refractivity contribution in [2.24, 2.45) is 0 Å². The highest BCUT2D eigenvalue weighted by Gasteiger charge is 2.05. The van der Waals surface area contributed by atoms with E-state index in [4.69, 9.17) is 4.74 Å². The number of nitrogens with one attached hydrogen (secondary N) is 1. The van der Waals surface area contributed by atoms with Crippen LogP contribution in [0.1, 0.15) is 23.6 Å². The highest BCUT2D eigenvalue weighted by atomic mass is 32.2. The Labute approximate surface area is 129 Å². The molecule has 0 radical (unpaired) electrons. The van der Waals surface area contributed by atoms with E-state index < -0.39 is 0 Å². The molecule has 1 aromatic carbocycles. The summed E-state index contributed by atoms with van der Waals surface area (Å²) in [5.74, 6) is 0.968. The predicted molar refractivity (Wildman–Crippen MR) is 88.8 cm³/mol. The third-order valence-electron chi connectivity index (χ3n) is 2.84. The van der Waals surface area contributed by atoms with Crippen LogP contribution >= 0.6 is 23.1 Å². The molecule has 0 aliphatic rings. The lowest BCUT2D eigenvalue weighted by molar-refractivity contribution is 0.302. The number of benzene rings is 1. The molecule has 2 nitrogen and oxygen atoms in total. The van der Waals surface area contributed by atoms with Crippen LogP contribution in [0.5, 0.6) is 5.75 Å². The number of thiophene rings is 1. The van der Waals surface area contributed by atoms with Gasteiger partial charge in [0.2, 0.25) is 0 Å². The molecule has 0 amide bonds. The quantitative estimate of drug-likeness (QED) is 0.758. The molecule has 0 saturated heterocycles. The van der Waals surface area contributed by atoms with E-state index in [1.165, 1.54) is 14.6 Å². The molecule has 108 valence electrons. The van der Waals surface area contributed by atoms with Crippen LogP contribution in [0.2, 0.25) is 0 Å². The van der Waals surface area contributed by atoms with E-state index in [2.05, 4.69) is 43.6 Å². The van der Waals surface area contributed by atoms with Crippen LogP contribution in [0.25, 0.3) is 0 Å². The molecule has 0 atom stereocenters. The molecule has 2 rings (SSSR count). The summed E-state index contributed by atoms with van der Waals surface area (Å²) in [4.78, 5) is 3.81. The normalized spacial score (nSPS) is 11.0. The van der Waals surface area contributed by atoms with Gasteiger partial charge in [-0.3, -0.25) is 0 Å². The van der Waals surface area contributed by atoms with E-state index in [1.54, 1.807) is 11.8 Å². The minimum absolute atomic E-state index is 0.519. The standard InChI is InChI=1S/C16H21NOS2/c1-12(2)17-10-13-8-9-14(20-13)11-18-15-6-4-5-7-16(15)19-3/h4-9,12,17H,10-11H2,1-3H3. The SMILES string of the molecule is CSc1ccccc1OCc1ccc(CNC(C)C)s1. The molecule has 1 heterocycles. The van der Waals surface area contributed by atoms with Gasteiger partial charge < -0.3 is 10.1 Å². The van der Waals surface area contributed by atoms with Crippen LogP contribution in [0.3, 0.4) is 0 Å². The first-order valence-corrected chi connectivity index (χ1v) is 8.80. The minimum atomic E-state index is 0.519. The van der Waals surface area contributed by atoms with Crippen molar-refractivity contribution in [2.45, 2.75) is 37.9 Å². The van der Waals surface area contributed by atoms with Gasteiger partial charge in [-0.2, -0.15) is 0 Å². The van der Waals surface area contributed by atoms with E-state index in [0.717, 1.165) is 12.3 Å². The fourth-order valence-electron chi connectivity index (χ4n) is 1.79. The molecule has 1 aromatic heterocycles. The van der Waals surface area contributed by atoms with Crippen molar-refractivity contribution < 1.29 is 4.74 Å². The Morgan fingerprint density at radius 1 is 1.15 bits per heavy atom. The number of thioether (sulfide) groups is 1. The van der Waals surface area contributed by atoms with Gasteiger partial charge in [-0.25, -0.2) is 0 Å². The van der Waals surface area contributed by atoms with Gasteiger partial charge in [0.1, 0.15) is 12.4 Å². The maximum absolute atomic E-state index is 5.92. The Kier molecular flexibility index (Phi) is 5.95. The number of para-hydroxylation sites is 1. The highest BCUT2D eigenvalue weighted by molar-refractivity contribution is 7.98. The number of ether oxygens (including phenoxy) is 1. The molecule has 0 unspecified atom stereocenters. The lowest BCUT2D eigenvalue weighted by atomic mass is 10.3. The number of rotatable bonds is 7. The van der Waals surface area contributed by atoms with Gasteiger partial charge >= 0.3 is 0 Å². The van der Waals surface area contributed by atoms with Gasteiger partial charge in [0.05, 0.1) is 0 Å². The lowest BCUT2D eigenvalue weighted by Gasteiger charge is -2.08. The topological polar surface area (TPSA) is 21.3 Å². The van der Waals surface area contributed by atoms with E-state index >= 15 is 0 Å². The van der Waals surface area contributed by atoms with Gasteiger partial charge in [-0.1, -0.05) is 26.0 Å². The first kappa shape index (κ1) is 15.4. The molecule has 0 spiro atoms. The van der Waals surface area contributed by atoms with Gasteiger partial charge in [0.25, 0.3) is 0 Å². The van der Waals surface area contributed by atoms with Gasteiger partial charge in [0, 0.05) is 27.2 Å².